The summed E-state index contributed by atoms with van der Waals surface area (Å²) in [5.41, 5.74) is 2.06. The lowest BCUT2D eigenvalue weighted by molar-refractivity contribution is -0.138. The van der Waals surface area contributed by atoms with E-state index in [9.17, 15) is 9.90 Å². The first kappa shape index (κ1) is 12.4. The van der Waals surface area contributed by atoms with Gasteiger partial charge < -0.3 is 10.2 Å². The van der Waals surface area contributed by atoms with Gasteiger partial charge in [-0.3, -0.25) is 4.79 Å². The quantitative estimate of drug-likeness (QED) is 0.888. The molecule has 2 atom stereocenters. The van der Waals surface area contributed by atoms with E-state index >= 15 is 0 Å². The van der Waals surface area contributed by atoms with Gasteiger partial charge >= 0.3 is 5.97 Å². The van der Waals surface area contributed by atoms with Crippen LogP contribution in [0.3, 0.4) is 0 Å². The largest absolute Gasteiger partial charge is 0.481 e. The summed E-state index contributed by atoms with van der Waals surface area (Å²) in [6.45, 7) is 0.00919. The molecule has 0 fully saturated rings. The van der Waals surface area contributed by atoms with E-state index in [4.69, 9.17) is 16.7 Å². The number of hydrogen-bond acceptors (Lipinski definition) is 4. The molecule has 2 aromatic heterocycles. The number of hydrogen-bond donors (Lipinski definition) is 2. The van der Waals surface area contributed by atoms with Crippen LogP contribution in [0.25, 0.3) is 5.65 Å². The molecule has 1 aliphatic rings. The number of aliphatic hydroxyl groups excluding tert-OH is 1. The van der Waals surface area contributed by atoms with E-state index in [0.717, 1.165) is 5.69 Å². The van der Waals surface area contributed by atoms with Crippen LogP contribution in [0.2, 0.25) is 5.15 Å². The molecule has 100 valence electrons. The molecule has 0 aliphatic heterocycles. The number of carboxylic acid groups (broad SMARTS) is 1. The van der Waals surface area contributed by atoms with Crippen LogP contribution in [-0.4, -0.2) is 37.4 Å². The molecule has 19 heavy (non-hydrogen) atoms. The summed E-state index contributed by atoms with van der Waals surface area (Å²) in [5, 5.41) is 22.9. The molecule has 1 aliphatic carbocycles. The van der Waals surface area contributed by atoms with Crippen LogP contribution in [0, 0.1) is 0 Å². The second-order valence-electron chi connectivity index (χ2n) is 4.67. The van der Waals surface area contributed by atoms with Gasteiger partial charge in [-0.15, -0.1) is 0 Å². The van der Waals surface area contributed by atoms with E-state index in [2.05, 4.69) is 10.1 Å². The highest BCUT2D eigenvalue weighted by Crippen LogP contribution is 2.43. The Balaban J connectivity index is 2.21. The number of carbonyl (C=O) groups is 1. The Hall–Kier alpha value is -1.66. The molecule has 2 heterocycles. The summed E-state index contributed by atoms with van der Waals surface area (Å²) >= 11 is 5.87. The predicted molar refractivity (Wildman–Crippen MR) is 67.4 cm³/mol. The van der Waals surface area contributed by atoms with Crippen molar-refractivity contribution in [3.05, 3.63) is 28.7 Å². The summed E-state index contributed by atoms with van der Waals surface area (Å²) < 4.78 is 1.60. The molecule has 0 radical (unpaired) electrons. The Labute approximate surface area is 113 Å². The van der Waals surface area contributed by atoms with E-state index in [0.29, 0.717) is 29.2 Å². The minimum absolute atomic E-state index is 0.00919. The van der Waals surface area contributed by atoms with Crippen LogP contribution in [0.4, 0.5) is 0 Å². The number of aliphatic hydroxyl groups is 1. The molecule has 0 saturated heterocycles. The van der Waals surface area contributed by atoms with Crippen molar-refractivity contribution in [1.29, 1.82) is 0 Å². The smallest absolute Gasteiger partial charge is 0.311 e. The number of nitrogens with zero attached hydrogens (tertiary/aromatic N) is 3. The summed E-state index contributed by atoms with van der Waals surface area (Å²) in [7, 11) is 0. The average Bonchev–Trinajstić information content (AvgIpc) is 2.89. The van der Waals surface area contributed by atoms with E-state index < -0.39 is 11.9 Å². The maximum atomic E-state index is 11.3. The normalized spacial score (nSPS) is 21.8. The molecule has 2 unspecified atom stereocenters. The molecular weight excluding hydrogens is 270 g/mol. The summed E-state index contributed by atoms with van der Waals surface area (Å²) in [6.07, 6.45) is 2.55. The molecule has 0 bridgehead atoms. The van der Waals surface area contributed by atoms with Crippen molar-refractivity contribution in [3.8, 4) is 0 Å². The fourth-order valence-electron chi connectivity index (χ4n) is 2.78. The first-order valence-corrected chi connectivity index (χ1v) is 6.37. The van der Waals surface area contributed by atoms with Crippen molar-refractivity contribution in [1.82, 2.24) is 14.6 Å². The lowest BCUT2D eigenvalue weighted by Gasteiger charge is -2.10. The number of halogens is 1. The lowest BCUT2D eigenvalue weighted by Crippen LogP contribution is -2.09. The fourth-order valence-corrected chi connectivity index (χ4v) is 2.95. The fraction of sp³-hybridized carbons (Fsp3) is 0.417. The van der Waals surface area contributed by atoms with Gasteiger partial charge in [0.15, 0.2) is 10.8 Å². The zero-order valence-corrected chi connectivity index (χ0v) is 10.7. The number of aromatic nitrogens is 3. The standard InChI is InChI=1S/C12H12ClN3O3/c13-9-4-10-14-5-8-7(12(18)19)3-6(1-2-17)11(8)16(10)15-9/h4-7,17H,1-3H2,(H,18,19). The maximum Gasteiger partial charge on any atom is 0.311 e. The van der Waals surface area contributed by atoms with Gasteiger partial charge in [0.2, 0.25) is 0 Å². The third-order valence-corrected chi connectivity index (χ3v) is 3.76. The highest BCUT2D eigenvalue weighted by molar-refractivity contribution is 6.29. The number of carboxylic acids is 1. The Morgan fingerprint density at radius 3 is 3.05 bits per heavy atom. The Morgan fingerprint density at radius 1 is 1.58 bits per heavy atom. The topological polar surface area (TPSA) is 87.7 Å². The van der Waals surface area contributed by atoms with Gasteiger partial charge in [-0.25, -0.2) is 9.50 Å². The second-order valence-corrected chi connectivity index (χ2v) is 5.06. The van der Waals surface area contributed by atoms with E-state index in [1.54, 1.807) is 16.8 Å². The molecule has 6 nitrogen and oxygen atoms in total. The molecule has 3 rings (SSSR count). The minimum atomic E-state index is -0.874. The SMILES string of the molecule is O=C(O)C1CC(CCO)c2c1cnc1cc(Cl)nn21. The summed E-state index contributed by atoms with van der Waals surface area (Å²) in [4.78, 5) is 15.5. The molecular formula is C12H12ClN3O3. The van der Waals surface area contributed by atoms with Crippen LogP contribution in [0.1, 0.15) is 35.9 Å². The first-order chi connectivity index (χ1) is 9.11. The van der Waals surface area contributed by atoms with Gasteiger partial charge in [-0.05, 0) is 12.8 Å². The van der Waals surface area contributed by atoms with Crippen LogP contribution in [-0.2, 0) is 4.79 Å². The zero-order valence-electron chi connectivity index (χ0n) is 9.95. The zero-order chi connectivity index (χ0) is 13.6. The molecule has 0 aromatic carbocycles. The van der Waals surface area contributed by atoms with Crippen molar-refractivity contribution >= 4 is 23.2 Å². The van der Waals surface area contributed by atoms with Gasteiger partial charge in [0.25, 0.3) is 0 Å². The van der Waals surface area contributed by atoms with Crippen LogP contribution in [0.15, 0.2) is 12.3 Å². The van der Waals surface area contributed by atoms with Crippen molar-refractivity contribution in [3.63, 3.8) is 0 Å². The molecule has 7 heteroatoms. The van der Waals surface area contributed by atoms with Gasteiger partial charge in [-0.2, -0.15) is 5.10 Å². The van der Waals surface area contributed by atoms with Crippen molar-refractivity contribution in [2.45, 2.75) is 24.7 Å². The predicted octanol–water partition coefficient (Wildman–Crippen LogP) is 1.42. The van der Waals surface area contributed by atoms with Crippen LogP contribution < -0.4 is 0 Å². The van der Waals surface area contributed by atoms with E-state index in [-0.39, 0.29) is 12.5 Å². The van der Waals surface area contributed by atoms with Gasteiger partial charge in [0.05, 0.1) is 11.6 Å². The van der Waals surface area contributed by atoms with Crippen molar-refractivity contribution in [2.24, 2.45) is 0 Å². The van der Waals surface area contributed by atoms with E-state index in [1.807, 2.05) is 0 Å². The number of rotatable bonds is 3. The Bertz CT molecular complexity index is 655. The minimum Gasteiger partial charge on any atom is -0.481 e. The Morgan fingerprint density at radius 2 is 2.37 bits per heavy atom. The average molecular weight is 282 g/mol. The van der Waals surface area contributed by atoms with E-state index in [1.165, 1.54) is 0 Å². The third-order valence-electron chi connectivity index (χ3n) is 3.58. The van der Waals surface area contributed by atoms with Crippen LogP contribution in [0.5, 0.6) is 0 Å². The molecule has 2 aromatic rings. The summed E-state index contributed by atoms with van der Waals surface area (Å²) in [5.74, 6) is -1.50. The molecule has 0 spiro atoms. The molecule has 0 amide bonds. The third kappa shape index (κ3) is 1.87. The molecule has 2 N–H and O–H groups in total. The Kier molecular flexibility index (Phi) is 2.91. The maximum absolute atomic E-state index is 11.3. The van der Waals surface area contributed by atoms with Crippen molar-refractivity contribution in [2.75, 3.05) is 6.61 Å². The second kappa shape index (κ2) is 4.47. The molecule has 0 saturated carbocycles. The van der Waals surface area contributed by atoms with Crippen molar-refractivity contribution < 1.29 is 15.0 Å². The highest BCUT2D eigenvalue weighted by Gasteiger charge is 2.37. The monoisotopic (exact) mass is 281 g/mol. The van der Waals surface area contributed by atoms with Crippen LogP contribution >= 0.6 is 11.6 Å². The lowest BCUT2D eigenvalue weighted by atomic mass is 10.0. The highest BCUT2D eigenvalue weighted by atomic mass is 35.5. The number of aliphatic carboxylic acids is 1. The summed E-state index contributed by atoms with van der Waals surface area (Å²) in [6, 6.07) is 1.63. The van der Waals surface area contributed by atoms with Gasteiger partial charge in [0.1, 0.15) is 0 Å². The first-order valence-electron chi connectivity index (χ1n) is 5.99. The number of fused-ring (bicyclic) bond motifs is 3. The van der Waals surface area contributed by atoms with Gasteiger partial charge in [0, 0.05) is 30.4 Å². The van der Waals surface area contributed by atoms with Gasteiger partial charge in [-0.1, -0.05) is 11.6 Å².